The molecule has 5 fully saturated rings. The number of likely N-dealkylation sites (tertiary alicyclic amines) is 1. The summed E-state index contributed by atoms with van der Waals surface area (Å²) in [5.74, 6) is -3.02. The van der Waals surface area contributed by atoms with E-state index in [0.29, 0.717) is 63.2 Å². The Morgan fingerprint density at radius 2 is 1.63 bits per heavy atom. The van der Waals surface area contributed by atoms with Gasteiger partial charge < -0.3 is 29.7 Å². The lowest BCUT2D eigenvalue weighted by Crippen LogP contribution is -2.74. The number of alkyl halides is 1. The van der Waals surface area contributed by atoms with Gasteiger partial charge in [0.15, 0.2) is 17.3 Å². The Balaban J connectivity index is 1.06. The molecule has 7 aliphatic rings. The highest BCUT2D eigenvalue weighted by atomic mass is 19.1. The average Bonchev–Trinajstić information content (AvgIpc) is 3.59. The highest BCUT2D eigenvalue weighted by molar-refractivity contribution is 6.20. The van der Waals surface area contributed by atoms with Gasteiger partial charge >= 0.3 is 6.09 Å². The van der Waals surface area contributed by atoms with Gasteiger partial charge in [0.05, 0.1) is 49.1 Å². The second kappa shape index (κ2) is 14.7. The van der Waals surface area contributed by atoms with Crippen LogP contribution in [0.15, 0.2) is 36.0 Å². The summed E-state index contributed by atoms with van der Waals surface area (Å²) in [6.45, 7) is 10.5. The zero-order valence-electron chi connectivity index (χ0n) is 31.3. The number of nitrogens with one attached hydrogen (secondary N) is 2. The van der Waals surface area contributed by atoms with Crippen molar-refractivity contribution in [2.75, 3.05) is 52.5 Å². The number of fused-ring (bicyclic) bond motifs is 4. The van der Waals surface area contributed by atoms with Crippen LogP contribution in [0.2, 0.25) is 0 Å². The number of hydrogen-bond donors (Lipinski definition) is 2. The molecule has 4 aliphatic heterocycles. The molecule has 10 atom stereocenters. The predicted octanol–water partition coefficient (Wildman–Crippen LogP) is 2.53. The SMILES string of the molecule is CC(C)(C)OC(=O)NC1CCN(C2C(F)CC3C(=O)C(C(=O)NCCCN4CCOCC4)=CN4C5CC6C(=O)c7ccccc7C(=O)C6CC5OC2C34)C1. The van der Waals surface area contributed by atoms with Crippen molar-refractivity contribution in [3.05, 3.63) is 47.2 Å². The number of carbonyl (C=O) groups excluding carboxylic acids is 5. The smallest absolute Gasteiger partial charge is 0.407 e. The number of benzene rings is 1. The lowest BCUT2D eigenvalue weighted by atomic mass is 9.63. The van der Waals surface area contributed by atoms with Crippen LogP contribution in [0.3, 0.4) is 0 Å². The fourth-order valence-corrected chi connectivity index (χ4v) is 10.2. The second-order valence-corrected chi connectivity index (χ2v) is 17.0. The van der Waals surface area contributed by atoms with E-state index in [1.165, 1.54) is 0 Å². The molecule has 8 rings (SSSR count). The molecule has 2 N–H and O–H groups in total. The van der Waals surface area contributed by atoms with Crippen LogP contribution in [0, 0.1) is 17.8 Å². The molecular formula is C40H52FN5O8. The van der Waals surface area contributed by atoms with Gasteiger partial charge in [0.25, 0.3) is 5.91 Å². The van der Waals surface area contributed by atoms with Gasteiger partial charge in [-0.1, -0.05) is 24.3 Å². The summed E-state index contributed by atoms with van der Waals surface area (Å²) in [5.41, 5.74) is 0.185. The Bertz CT molecular complexity index is 1710. The first-order chi connectivity index (χ1) is 25.9. The molecule has 1 aromatic rings. The van der Waals surface area contributed by atoms with Crippen LogP contribution in [-0.4, -0.2) is 145 Å². The summed E-state index contributed by atoms with van der Waals surface area (Å²) < 4.78 is 34.5. The highest BCUT2D eigenvalue weighted by Crippen LogP contribution is 2.50. The summed E-state index contributed by atoms with van der Waals surface area (Å²) >= 11 is 0. The Morgan fingerprint density at radius 3 is 2.33 bits per heavy atom. The maximum Gasteiger partial charge on any atom is 0.407 e. The Morgan fingerprint density at radius 1 is 0.926 bits per heavy atom. The number of Topliss-reactive ketones (excluding diaryl/α,β-unsaturated/α-hetero) is 3. The zero-order valence-corrected chi connectivity index (χ0v) is 31.3. The lowest BCUT2D eigenvalue weighted by molar-refractivity contribution is -0.214. The maximum absolute atomic E-state index is 16.7. The van der Waals surface area contributed by atoms with E-state index in [0.717, 1.165) is 19.6 Å². The van der Waals surface area contributed by atoms with Gasteiger partial charge in [-0.05, 0) is 59.4 Å². The summed E-state index contributed by atoms with van der Waals surface area (Å²) in [5, 5.41) is 5.87. The monoisotopic (exact) mass is 749 g/mol. The normalized spacial score (nSPS) is 35.3. The largest absolute Gasteiger partial charge is 0.444 e. The van der Waals surface area contributed by atoms with Crippen molar-refractivity contribution in [3.63, 3.8) is 0 Å². The van der Waals surface area contributed by atoms with Gasteiger partial charge in [-0.25, -0.2) is 9.18 Å². The molecule has 10 unspecified atom stereocenters. The van der Waals surface area contributed by atoms with E-state index in [4.69, 9.17) is 14.2 Å². The molecule has 3 saturated heterocycles. The molecule has 3 aliphatic carbocycles. The minimum atomic E-state index is -1.45. The molecule has 0 bridgehead atoms. The predicted molar refractivity (Wildman–Crippen MR) is 194 cm³/mol. The minimum absolute atomic E-state index is 0.00557. The van der Waals surface area contributed by atoms with Crippen molar-refractivity contribution in [3.8, 4) is 0 Å². The van der Waals surface area contributed by atoms with Crippen LogP contribution >= 0.6 is 0 Å². The van der Waals surface area contributed by atoms with E-state index in [1.807, 2.05) is 9.80 Å². The van der Waals surface area contributed by atoms with E-state index < -0.39 is 77.6 Å². The van der Waals surface area contributed by atoms with Crippen molar-refractivity contribution in [2.45, 2.75) is 101 Å². The fraction of sp³-hybridized carbons (Fsp3) is 0.675. The highest BCUT2D eigenvalue weighted by Gasteiger charge is 2.62. The fourth-order valence-electron chi connectivity index (χ4n) is 10.2. The van der Waals surface area contributed by atoms with Crippen molar-refractivity contribution in [1.82, 2.24) is 25.3 Å². The third-order valence-corrected chi connectivity index (χ3v) is 12.5. The number of morpholine rings is 2. The Kier molecular flexibility index (Phi) is 10.2. The molecule has 2 saturated carbocycles. The number of halogens is 1. The number of ether oxygens (including phenoxy) is 3. The topological polar surface area (TPSA) is 147 Å². The van der Waals surface area contributed by atoms with E-state index in [9.17, 15) is 24.0 Å². The van der Waals surface area contributed by atoms with E-state index in [2.05, 4.69) is 15.5 Å². The van der Waals surface area contributed by atoms with Crippen molar-refractivity contribution in [1.29, 1.82) is 0 Å². The molecule has 4 heterocycles. The molecule has 13 nitrogen and oxygen atoms in total. The molecule has 292 valence electrons. The van der Waals surface area contributed by atoms with Crippen LogP contribution in [0.5, 0.6) is 0 Å². The standard InChI is InChI=1S/C40H52FN5O8/c1-40(2,3)54-39(51)43-22-9-12-45(20-22)33-29(41)17-27-32-37(33)53-31-19-26-25(34(47)23-7-4-5-8-24(23)35(26)48)18-30(31)46(32)21-28(36(27)49)38(50)42-10-6-11-44-13-15-52-16-14-44/h4-5,7-8,21-22,25-27,29-33,37H,6,9-20H2,1-3H3,(H,42,50)(H,43,51). The number of carbonyl (C=O) groups is 5. The van der Waals surface area contributed by atoms with Crippen LogP contribution < -0.4 is 10.6 Å². The number of hydrogen-bond acceptors (Lipinski definition) is 11. The third-order valence-electron chi connectivity index (χ3n) is 12.5. The lowest BCUT2D eigenvalue weighted by Gasteiger charge is -2.61. The van der Waals surface area contributed by atoms with Gasteiger partial charge in [-0.15, -0.1) is 0 Å². The van der Waals surface area contributed by atoms with E-state index >= 15 is 4.39 Å². The molecular weight excluding hydrogens is 697 g/mol. The van der Waals surface area contributed by atoms with Crippen molar-refractivity contribution in [2.24, 2.45) is 17.8 Å². The number of amides is 2. The summed E-state index contributed by atoms with van der Waals surface area (Å²) in [4.78, 5) is 74.7. The van der Waals surface area contributed by atoms with Crippen LogP contribution in [0.25, 0.3) is 0 Å². The molecule has 54 heavy (non-hydrogen) atoms. The van der Waals surface area contributed by atoms with E-state index in [1.54, 1.807) is 51.2 Å². The zero-order chi connectivity index (χ0) is 37.9. The summed E-state index contributed by atoms with van der Waals surface area (Å²) in [6.07, 6.45) is 0.180. The van der Waals surface area contributed by atoms with Crippen LogP contribution in [0.4, 0.5) is 9.18 Å². The molecule has 0 aromatic heterocycles. The summed E-state index contributed by atoms with van der Waals surface area (Å²) in [6, 6.07) is 4.99. The molecule has 2 amide bonds. The molecule has 0 radical (unpaired) electrons. The Labute approximate surface area is 315 Å². The second-order valence-electron chi connectivity index (χ2n) is 17.0. The van der Waals surface area contributed by atoms with Gasteiger partial charge in [-0.2, -0.15) is 0 Å². The minimum Gasteiger partial charge on any atom is -0.444 e. The van der Waals surface area contributed by atoms with Crippen molar-refractivity contribution >= 4 is 29.4 Å². The third kappa shape index (κ3) is 6.99. The average molecular weight is 750 g/mol. The first-order valence-corrected chi connectivity index (χ1v) is 19.7. The summed E-state index contributed by atoms with van der Waals surface area (Å²) in [7, 11) is 0. The molecule has 1 aromatic carbocycles. The number of ketones is 3. The first-order valence-electron chi connectivity index (χ1n) is 19.7. The van der Waals surface area contributed by atoms with Gasteiger partial charge in [0, 0.05) is 73.8 Å². The number of alkyl carbamates (subject to hydrolysis) is 1. The van der Waals surface area contributed by atoms with E-state index in [-0.39, 0.29) is 36.0 Å². The number of rotatable bonds is 7. The molecule has 14 heteroatoms. The van der Waals surface area contributed by atoms with Gasteiger partial charge in [0.1, 0.15) is 11.8 Å². The molecule has 0 spiro atoms. The van der Waals surface area contributed by atoms with Crippen LogP contribution in [-0.2, 0) is 23.8 Å². The number of nitrogens with zero attached hydrogens (tertiary/aromatic N) is 3. The van der Waals surface area contributed by atoms with Gasteiger partial charge in [0.2, 0.25) is 0 Å². The Hall–Kier alpha value is -3.72. The maximum atomic E-state index is 16.7. The van der Waals surface area contributed by atoms with Gasteiger partial charge in [-0.3, -0.25) is 29.0 Å². The van der Waals surface area contributed by atoms with Crippen LogP contribution in [0.1, 0.15) is 73.6 Å². The quantitative estimate of drug-likeness (QED) is 0.313. The first kappa shape index (κ1) is 37.2. The van der Waals surface area contributed by atoms with Crippen molar-refractivity contribution < 1.29 is 42.6 Å².